The van der Waals surface area contributed by atoms with Gasteiger partial charge >= 0.3 is 0 Å². The first-order valence-corrected chi connectivity index (χ1v) is 7.13. The van der Waals surface area contributed by atoms with E-state index >= 15 is 0 Å². The quantitative estimate of drug-likeness (QED) is 0.807. The molecule has 2 unspecified atom stereocenters. The van der Waals surface area contributed by atoms with Gasteiger partial charge in [0, 0.05) is 35.3 Å². The molecule has 1 heterocycles. The molecular weight excluding hydrogens is 270 g/mol. The standard InChI is InChI=1S/C13H16F2N2OS/c1-7-8(2)19-4-3-17(7)13(18)9-5-10(14)11(15)6-12(9)16/h5-8H,3-4,16H2,1-2H3. The van der Waals surface area contributed by atoms with Crippen LogP contribution in [-0.4, -0.2) is 34.4 Å². The number of anilines is 1. The van der Waals surface area contributed by atoms with Gasteiger partial charge in [-0.1, -0.05) is 6.92 Å². The number of nitrogens with two attached hydrogens (primary N) is 1. The van der Waals surface area contributed by atoms with E-state index in [1.807, 2.05) is 13.8 Å². The lowest BCUT2D eigenvalue weighted by Crippen LogP contribution is -2.48. The van der Waals surface area contributed by atoms with Gasteiger partial charge in [0.1, 0.15) is 0 Å². The third-order valence-corrected chi connectivity index (χ3v) is 4.81. The van der Waals surface area contributed by atoms with Crippen LogP contribution in [0.2, 0.25) is 0 Å². The molecule has 0 radical (unpaired) electrons. The highest BCUT2D eigenvalue weighted by atomic mass is 32.2. The van der Waals surface area contributed by atoms with E-state index in [-0.39, 0.29) is 23.2 Å². The Morgan fingerprint density at radius 3 is 2.68 bits per heavy atom. The largest absolute Gasteiger partial charge is 0.398 e. The molecular formula is C13H16F2N2OS. The van der Waals surface area contributed by atoms with Crippen LogP contribution in [-0.2, 0) is 0 Å². The molecule has 1 amide bonds. The number of halogens is 2. The Hall–Kier alpha value is -1.30. The summed E-state index contributed by atoms with van der Waals surface area (Å²) in [6.45, 7) is 4.58. The van der Waals surface area contributed by atoms with Crippen molar-refractivity contribution < 1.29 is 13.6 Å². The van der Waals surface area contributed by atoms with Crippen LogP contribution in [0.1, 0.15) is 24.2 Å². The smallest absolute Gasteiger partial charge is 0.256 e. The second-order valence-electron chi connectivity index (χ2n) is 4.67. The fraction of sp³-hybridized carbons (Fsp3) is 0.462. The number of benzene rings is 1. The van der Waals surface area contributed by atoms with Crippen LogP contribution in [0.25, 0.3) is 0 Å². The van der Waals surface area contributed by atoms with E-state index in [0.29, 0.717) is 11.8 Å². The maximum Gasteiger partial charge on any atom is 0.256 e. The predicted octanol–water partition coefficient (Wildman–Crippen LogP) is 2.51. The number of carbonyl (C=O) groups is 1. The van der Waals surface area contributed by atoms with Gasteiger partial charge in [0.05, 0.1) is 5.56 Å². The summed E-state index contributed by atoms with van der Waals surface area (Å²) in [4.78, 5) is 14.1. The molecule has 2 N–H and O–H groups in total. The van der Waals surface area contributed by atoms with Crippen LogP contribution in [0, 0.1) is 11.6 Å². The molecule has 0 bridgehead atoms. The highest BCUT2D eigenvalue weighted by molar-refractivity contribution is 8.00. The molecule has 1 aliphatic rings. The van der Waals surface area contributed by atoms with Crippen molar-refractivity contribution in [2.45, 2.75) is 25.1 Å². The highest BCUT2D eigenvalue weighted by Gasteiger charge is 2.30. The van der Waals surface area contributed by atoms with E-state index in [1.165, 1.54) is 0 Å². The number of nitrogen functional groups attached to an aromatic ring is 1. The zero-order valence-corrected chi connectivity index (χ0v) is 11.6. The average Bonchev–Trinajstić information content (AvgIpc) is 2.36. The van der Waals surface area contributed by atoms with E-state index < -0.39 is 11.6 Å². The third-order valence-electron chi connectivity index (χ3n) is 3.47. The van der Waals surface area contributed by atoms with Gasteiger partial charge in [0.15, 0.2) is 11.6 Å². The number of amides is 1. The second-order valence-corrected chi connectivity index (χ2v) is 6.15. The summed E-state index contributed by atoms with van der Waals surface area (Å²) >= 11 is 1.79. The molecule has 1 fully saturated rings. The van der Waals surface area contributed by atoms with E-state index in [2.05, 4.69) is 0 Å². The molecule has 0 spiro atoms. The van der Waals surface area contributed by atoms with Gasteiger partial charge in [-0.3, -0.25) is 4.79 Å². The van der Waals surface area contributed by atoms with Crippen LogP contribution >= 0.6 is 11.8 Å². The van der Waals surface area contributed by atoms with Crippen LogP contribution in [0.5, 0.6) is 0 Å². The molecule has 6 heteroatoms. The normalized spacial score (nSPS) is 23.5. The SMILES string of the molecule is CC1SCCN(C(=O)c2cc(F)c(F)cc2N)C1C. The molecule has 1 aliphatic heterocycles. The molecule has 1 saturated heterocycles. The number of nitrogens with zero attached hydrogens (tertiary/aromatic N) is 1. The number of thioether (sulfide) groups is 1. The van der Waals surface area contributed by atoms with E-state index in [4.69, 9.17) is 5.73 Å². The van der Waals surface area contributed by atoms with Crippen LogP contribution < -0.4 is 5.73 Å². The van der Waals surface area contributed by atoms with Crippen LogP contribution in [0.4, 0.5) is 14.5 Å². The van der Waals surface area contributed by atoms with E-state index in [0.717, 1.165) is 17.9 Å². The minimum Gasteiger partial charge on any atom is -0.398 e. The third kappa shape index (κ3) is 2.68. The summed E-state index contributed by atoms with van der Waals surface area (Å²) in [5.41, 5.74) is 5.62. The molecule has 0 aromatic heterocycles. The van der Waals surface area contributed by atoms with E-state index in [9.17, 15) is 13.6 Å². The van der Waals surface area contributed by atoms with Crippen LogP contribution in [0.3, 0.4) is 0 Å². The van der Waals surface area contributed by atoms with Crippen molar-refractivity contribution in [3.8, 4) is 0 Å². The summed E-state index contributed by atoms with van der Waals surface area (Å²) in [6, 6.07) is 1.78. The minimum absolute atomic E-state index is 0.0259. The fourth-order valence-electron chi connectivity index (χ4n) is 2.12. The molecule has 1 aromatic rings. The number of hydrogen-bond donors (Lipinski definition) is 1. The van der Waals surface area contributed by atoms with E-state index in [1.54, 1.807) is 16.7 Å². The first-order chi connectivity index (χ1) is 8.91. The second kappa shape index (κ2) is 5.36. The average molecular weight is 286 g/mol. The predicted molar refractivity (Wildman–Crippen MR) is 73.2 cm³/mol. The zero-order chi connectivity index (χ0) is 14.2. The molecule has 19 heavy (non-hydrogen) atoms. The Bertz CT molecular complexity index is 510. The monoisotopic (exact) mass is 286 g/mol. The maximum absolute atomic E-state index is 13.3. The summed E-state index contributed by atoms with van der Waals surface area (Å²) in [6.07, 6.45) is 0. The first-order valence-electron chi connectivity index (χ1n) is 6.09. The highest BCUT2D eigenvalue weighted by Crippen LogP contribution is 2.27. The van der Waals surface area contributed by atoms with Crippen molar-refractivity contribution in [3.63, 3.8) is 0 Å². The van der Waals surface area contributed by atoms with Crippen molar-refractivity contribution in [3.05, 3.63) is 29.3 Å². The summed E-state index contributed by atoms with van der Waals surface area (Å²) in [5, 5.41) is 0.309. The Labute approximate surface area is 115 Å². The van der Waals surface area contributed by atoms with Gasteiger partial charge in [0.25, 0.3) is 5.91 Å². The first kappa shape index (κ1) is 14.1. The Balaban J connectivity index is 2.31. The van der Waals surface area contributed by atoms with Gasteiger partial charge in [-0.15, -0.1) is 0 Å². The summed E-state index contributed by atoms with van der Waals surface area (Å²) in [7, 11) is 0. The molecule has 104 valence electrons. The van der Waals surface area contributed by atoms with Crippen molar-refractivity contribution in [1.82, 2.24) is 4.90 Å². The summed E-state index contributed by atoms with van der Waals surface area (Å²) in [5.74, 6) is -1.59. The van der Waals surface area contributed by atoms with Gasteiger partial charge in [-0.05, 0) is 13.0 Å². The number of rotatable bonds is 1. The lowest BCUT2D eigenvalue weighted by atomic mass is 10.1. The number of carbonyl (C=O) groups excluding carboxylic acids is 1. The summed E-state index contributed by atoms with van der Waals surface area (Å²) < 4.78 is 26.3. The maximum atomic E-state index is 13.3. The molecule has 2 rings (SSSR count). The van der Waals surface area contributed by atoms with Crippen molar-refractivity contribution in [1.29, 1.82) is 0 Å². The molecule has 0 aliphatic carbocycles. The topological polar surface area (TPSA) is 46.3 Å². The van der Waals surface area contributed by atoms with Gasteiger partial charge in [-0.2, -0.15) is 11.8 Å². The number of hydrogen-bond acceptors (Lipinski definition) is 3. The zero-order valence-electron chi connectivity index (χ0n) is 10.8. The van der Waals surface area contributed by atoms with Gasteiger partial charge in [-0.25, -0.2) is 8.78 Å². The Morgan fingerprint density at radius 2 is 2.00 bits per heavy atom. The van der Waals surface area contributed by atoms with Crippen molar-refractivity contribution in [2.75, 3.05) is 18.0 Å². The lowest BCUT2D eigenvalue weighted by molar-refractivity contribution is 0.0698. The molecule has 3 nitrogen and oxygen atoms in total. The Kier molecular flexibility index (Phi) is 3.99. The minimum atomic E-state index is -1.05. The lowest BCUT2D eigenvalue weighted by Gasteiger charge is -2.37. The fourth-order valence-corrected chi connectivity index (χ4v) is 3.22. The van der Waals surface area contributed by atoms with Crippen LogP contribution in [0.15, 0.2) is 12.1 Å². The Morgan fingerprint density at radius 1 is 1.37 bits per heavy atom. The molecule has 1 aromatic carbocycles. The van der Waals surface area contributed by atoms with Crippen molar-refractivity contribution in [2.24, 2.45) is 0 Å². The molecule has 0 saturated carbocycles. The van der Waals surface area contributed by atoms with Gasteiger partial charge in [0.2, 0.25) is 0 Å². The molecule has 2 atom stereocenters. The van der Waals surface area contributed by atoms with Gasteiger partial charge < -0.3 is 10.6 Å². The van der Waals surface area contributed by atoms with Crippen molar-refractivity contribution >= 4 is 23.4 Å².